The first-order chi connectivity index (χ1) is 7.81. The number of likely N-dealkylation sites (tertiary alicyclic amines) is 1. The number of methoxy groups -OCH3 is 1. The van der Waals surface area contributed by atoms with Crippen LogP contribution in [0.3, 0.4) is 0 Å². The summed E-state index contributed by atoms with van der Waals surface area (Å²) in [5.41, 5.74) is 2.72. The van der Waals surface area contributed by atoms with Crippen LogP contribution in [0.1, 0.15) is 11.1 Å². The Bertz CT molecular complexity index is 326. The molecule has 3 nitrogen and oxygen atoms in total. The maximum atomic E-state index is 5.26. The monoisotopic (exact) mass is 292 g/mol. The van der Waals surface area contributed by atoms with Gasteiger partial charge in [-0.1, -0.05) is 24.3 Å². The lowest BCUT2D eigenvalue weighted by molar-refractivity contribution is -0.0333. The number of hydrogen-bond acceptors (Lipinski definition) is 3. The highest BCUT2D eigenvalue weighted by molar-refractivity contribution is 5.85. The van der Waals surface area contributed by atoms with E-state index in [4.69, 9.17) is 4.74 Å². The average molecular weight is 293 g/mol. The summed E-state index contributed by atoms with van der Waals surface area (Å²) in [6.45, 7) is 4.11. The molecule has 5 heteroatoms. The van der Waals surface area contributed by atoms with Gasteiger partial charge in [-0.25, -0.2) is 0 Å². The third kappa shape index (κ3) is 4.75. The predicted molar refractivity (Wildman–Crippen MR) is 79.8 cm³/mol. The van der Waals surface area contributed by atoms with Gasteiger partial charge in [0, 0.05) is 33.3 Å². The molecule has 0 saturated carbocycles. The molecular formula is C13H22Cl2N2O. The highest BCUT2D eigenvalue weighted by atomic mass is 35.5. The summed E-state index contributed by atoms with van der Waals surface area (Å²) in [5.74, 6) is 0. The number of halogens is 2. The van der Waals surface area contributed by atoms with Crippen molar-refractivity contribution in [2.75, 3.05) is 27.2 Å². The van der Waals surface area contributed by atoms with Crippen LogP contribution >= 0.6 is 24.8 Å². The van der Waals surface area contributed by atoms with E-state index in [1.54, 1.807) is 7.11 Å². The van der Waals surface area contributed by atoms with Crippen molar-refractivity contribution in [1.82, 2.24) is 10.2 Å². The van der Waals surface area contributed by atoms with Crippen LogP contribution in [0.15, 0.2) is 24.3 Å². The Morgan fingerprint density at radius 3 is 2.22 bits per heavy atom. The van der Waals surface area contributed by atoms with Gasteiger partial charge in [-0.3, -0.25) is 4.90 Å². The quantitative estimate of drug-likeness (QED) is 0.899. The summed E-state index contributed by atoms with van der Waals surface area (Å²) in [4.78, 5) is 2.40. The maximum absolute atomic E-state index is 5.26. The number of benzene rings is 1. The zero-order valence-electron chi connectivity index (χ0n) is 10.9. The van der Waals surface area contributed by atoms with Crippen molar-refractivity contribution in [1.29, 1.82) is 0 Å². The normalized spacial score (nSPS) is 15.4. The zero-order chi connectivity index (χ0) is 11.4. The molecule has 1 aromatic rings. The van der Waals surface area contributed by atoms with Crippen LogP contribution in [-0.4, -0.2) is 38.3 Å². The molecular weight excluding hydrogens is 271 g/mol. The fraction of sp³-hybridized carbons (Fsp3) is 0.538. The smallest absolute Gasteiger partial charge is 0.0825 e. The van der Waals surface area contributed by atoms with E-state index in [0.29, 0.717) is 6.10 Å². The van der Waals surface area contributed by atoms with E-state index < -0.39 is 0 Å². The first-order valence-corrected chi connectivity index (χ1v) is 5.79. The summed E-state index contributed by atoms with van der Waals surface area (Å²) in [7, 11) is 3.76. The van der Waals surface area contributed by atoms with Gasteiger partial charge in [0.05, 0.1) is 6.10 Å². The summed E-state index contributed by atoms with van der Waals surface area (Å²) < 4.78 is 5.26. The van der Waals surface area contributed by atoms with E-state index in [2.05, 4.69) is 34.5 Å². The largest absolute Gasteiger partial charge is 0.379 e. The molecule has 0 spiro atoms. The van der Waals surface area contributed by atoms with E-state index in [-0.39, 0.29) is 24.8 Å². The van der Waals surface area contributed by atoms with Crippen molar-refractivity contribution in [3.63, 3.8) is 0 Å². The topological polar surface area (TPSA) is 24.5 Å². The Morgan fingerprint density at radius 2 is 1.72 bits per heavy atom. The number of nitrogens with one attached hydrogen (secondary N) is 1. The van der Waals surface area contributed by atoms with E-state index in [1.165, 1.54) is 11.1 Å². The highest BCUT2D eigenvalue weighted by Gasteiger charge is 2.25. The van der Waals surface area contributed by atoms with Crippen LogP contribution < -0.4 is 5.32 Å². The number of nitrogens with zero attached hydrogens (tertiary/aromatic N) is 1. The van der Waals surface area contributed by atoms with Crippen LogP contribution in [0.2, 0.25) is 0 Å². The molecule has 18 heavy (non-hydrogen) atoms. The molecule has 1 aliphatic rings. The van der Waals surface area contributed by atoms with Crippen LogP contribution in [-0.2, 0) is 17.8 Å². The molecule has 104 valence electrons. The molecule has 0 aliphatic carbocycles. The van der Waals surface area contributed by atoms with Crippen LogP contribution in [0.25, 0.3) is 0 Å². The molecule has 1 aromatic carbocycles. The first kappa shape index (κ1) is 17.7. The lowest BCUT2D eigenvalue weighted by Gasteiger charge is -2.38. The minimum Gasteiger partial charge on any atom is -0.379 e. The fourth-order valence-corrected chi connectivity index (χ4v) is 2.03. The SMILES string of the molecule is CNCc1ccc(CN2CC(OC)C2)cc1.Cl.Cl. The summed E-state index contributed by atoms with van der Waals surface area (Å²) in [6, 6.07) is 8.82. The van der Waals surface area contributed by atoms with Crippen LogP contribution in [0.5, 0.6) is 0 Å². The van der Waals surface area contributed by atoms with Gasteiger partial charge in [0.25, 0.3) is 0 Å². The Labute approximate surface area is 122 Å². The summed E-state index contributed by atoms with van der Waals surface area (Å²) in [6.07, 6.45) is 0.448. The zero-order valence-corrected chi connectivity index (χ0v) is 12.5. The summed E-state index contributed by atoms with van der Waals surface area (Å²) in [5, 5.41) is 3.15. The molecule has 1 aliphatic heterocycles. The Morgan fingerprint density at radius 1 is 1.17 bits per heavy atom. The molecule has 0 amide bonds. The second kappa shape index (κ2) is 8.73. The molecule has 0 radical (unpaired) electrons. The van der Waals surface area contributed by atoms with Crippen molar-refractivity contribution in [2.24, 2.45) is 0 Å². The maximum Gasteiger partial charge on any atom is 0.0825 e. The molecule has 0 unspecified atom stereocenters. The van der Waals surface area contributed by atoms with E-state index >= 15 is 0 Å². The first-order valence-electron chi connectivity index (χ1n) is 5.79. The number of ether oxygens (including phenoxy) is 1. The van der Waals surface area contributed by atoms with Gasteiger partial charge < -0.3 is 10.1 Å². The molecule has 0 bridgehead atoms. The molecule has 1 fully saturated rings. The van der Waals surface area contributed by atoms with Crippen LogP contribution in [0.4, 0.5) is 0 Å². The lowest BCUT2D eigenvalue weighted by atomic mass is 10.1. The number of rotatable bonds is 5. The van der Waals surface area contributed by atoms with Gasteiger partial charge in [-0.2, -0.15) is 0 Å². The van der Waals surface area contributed by atoms with E-state index in [9.17, 15) is 0 Å². The average Bonchev–Trinajstić information content (AvgIpc) is 2.25. The molecule has 1 saturated heterocycles. The van der Waals surface area contributed by atoms with Gasteiger partial charge >= 0.3 is 0 Å². The van der Waals surface area contributed by atoms with Crippen molar-refractivity contribution in [3.05, 3.63) is 35.4 Å². The molecule has 0 aromatic heterocycles. The minimum absolute atomic E-state index is 0. The third-order valence-electron chi connectivity index (χ3n) is 3.07. The second-order valence-electron chi connectivity index (χ2n) is 4.40. The third-order valence-corrected chi connectivity index (χ3v) is 3.07. The van der Waals surface area contributed by atoms with Crippen molar-refractivity contribution < 1.29 is 4.74 Å². The standard InChI is InChI=1S/C13H20N2O.2ClH/c1-14-7-11-3-5-12(6-4-11)8-15-9-13(10-15)16-2;;/h3-6,13-14H,7-10H2,1-2H3;2*1H. The Balaban J connectivity index is 0.00000144. The number of hydrogen-bond donors (Lipinski definition) is 1. The molecule has 0 atom stereocenters. The molecule has 1 heterocycles. The minimum atomic E-state index is 0. The van der Waals surface area contributed by atoms with E-state index in [0.717, 1.165) is 26.2 Å². The summed E-state index contributed by atoms with van der Waals surface area (Å²) >= 11 is 0. The van der Waals surface area contributed by atoms with Crippen molar-refractivity contribution >= 4 is 24.8 Å². The van der Waals surface area contributed by atoms with Crippen LogP contribution in [0, 0.1) is 0 Å². The Kier molecular flexibility index (Phi) is 8.57. The van der Waals surface area contributed by atoms with Gasteiger partial charge in [-0.15, -0.1) is 24.8 Å². The van der Waals surface area contributed by atoms with Crippen molar-refractivity contribution in [2.45, 2.75) is 19.2 Å². The molecule has 2 rings (SSSR count). The Hall–Kier alpha value is -0.320. The highest BCUT2D eigenvalue weighted by Crippen LogP contribution is 2.15. The van der Waals surface area contributed by atoms with E-state index in [1.807, 2.05) is 7.05 Å². The lowest BCUT2D eigenvalue weighted by Crippen LogP contribution is -2.50. The second-order valence-corrected chi connectivity index (χ2v) is 4.40. The fourth-order valence-electron chi connectivity index (χ4n) is 2.03. The predicted octanol–water partition coefficient (Wildman–Crippen LogP) is 2.08. The van der Waals surface area contributed by atoms with Crippen molar-refractivity contribution in [3.8, 4) is 0 Å². The van der Waals surface area contributed by atoms with Gasteiger partial charge in [0.1, 0.15) is 0 Å². The molecule has 1 N–H and O–H groups in total. The van der Waals surface area contributed by atoms with Gasteiger partial charge in [0.15, 0.2) is 0 Å². The van der Waals surface area contributed by atoms with Gasteiger partial charge in [0.2, 0.25) is 0 Å². The van der Waals surface area contributed by atoms with Gasteiger partial charge in [-0.05, 0) is 18.2 Å².